The highest BCUT2D eigenvalue weighted by atomic mass is 32.1. The maximum absolute atomic E-state index is 12.6. The fraction of sp³-hybridized carbons (Fsp3) is 0.0556. The van der Waals surface area contributed by atoms with Crippen molar-refractivity contribution in [3.8, 4) is 11.3 Å². The molecule has 2 aromatic carbocycles. The van der Waals surface area contributed by atoms with Crippen LogP contribution in [0.3, 0.4) is 0 Å². The second-order valence-electron chi connectivity index (χ2n) is 5.42. The molecule has 8 nitrogen and oxygen atoms in total. The quantitative estimate of drug-likeness (QED) is 0.409. The monoisotopic (exact) mass is 381 g/mol. The van der Waals surface area contributed by atoms with Gasteiger partial charge in [0.1, 0.15) is 0 Å². The van der Waals surface area contributed by atoms with Gasteiger partial charge in [-0.3, -0.25) is 9.89 Å². The van der Waals surface area contributed by atoms with Gasteiger partial charge in [-0.1, -0.05) is 30.3 Å². The van der Waals surface area contributed by atoms with E-state index in [1.807, 2.05) is 30.3 Å². The van der Waals surface area contributed by atoms with E-state index in [1.165, 1.54) is 7.11 Å². The minimum absolute atomic E-state index is 0.0750. The van der Waals surface area contributed by atoms with Crippen LogP contribution in [0, 0.1) is 0 Å². The third kappa shape index (κ3) is 3.82. The number of aromatic nitrogens is 2. The summed E-state index contributed by atoms with van der Waals surface area (Å²) in [5.41, 5.74) is 7.19. The van der Waals surface area contributed by atoms with Gasteiger partial charge in [-0.05, 0) is 36.5 Å². The molecule has 3 N–H and O–H groups in total. The number of azo groups is 1. The highest BCUT2D eigenvalue weighted by molar-refractivity contribution is 7.80. The molecule has 0 bridgehead atoms. The zero-order valence-corrected chi connectivity index (χ0v) is 15.1. The molecule has 136 valence electrons. The van der Waals surface area contributed by atoms with Gasteiger partial charge in [0.2, 0.25) is 0 Å². The molecule has 0 atom stereocenters. The van der Waals surface area contributed by atoms with Crippen LogP contribution in [-0.4, -0.2) is 28.0 Å². The van der Waals surface area contributed by atoms with Gasteiger partial charge in [0, 0.05) is 5.56 Å². The number of ether oxygens (including phenoxy) is 1. The number of benzene rings is 2. The fourth-order valence-electron chi connectivity index (χ4n) is 2.37. The number of thiocarbonyl (C=S) groups is 1. The molecule has 3 aromatic rings. The Morgan fingerprint density at radius 2 is 1.78 bits per heavy atom. The van der Waals surface area contributed by atoms with Gasteiger partial charge in [-0.2, -0.15) is 9.80 Å². The van der Waals surface area contributed by atoms with Crippen molar-refractivity contribution in [2.75, 3.05) is 7.11 Å². The first-order chi connectivity index (χ1) is 13.0. The first kappa shape index (κ1) is 18.2. The average molecular weight is 381 g/mol. The first-order valence-corrected chi connectivity index (χ1v) is 8.22. The molecule has 1 heterocycles. The van der Waals surface area contributed by atoms with E-state index in [4.69, 9.17) is 18.0 Å². The normalized spacial score (nSPS) is 10.9. The van der Waals surface area contributed by atoms with Crippen molar-refractivity contribution < 1.29 is 9.53 Å². The second-order valence-corrected chi connectivity index (χ2v) is 5.84. The number of carbonyl (C=O) groups is 1. The van der Waals surface area contributed by atoms with Crippen LogP contribution >= 0.6 is 12.2 Å². The Kier molecular flexibility index (Phi) is 5.23. The zero-order chi connectivity index (χ0) is 19.4. The van der Waals surface area contributed by atoms with Crippen molar-refractivity contribution in [1.82, 2.24) is 9.78 Å². The number of esters is 1. The fourth-order valence-corrected chi connectivity index (χ4v) is 2.50. The Morgan fingerprint density at radius 1 is 1.11 bits per heavy atom. The van der Waals surface area contributed by atoms with Crippen molar-refractivity contribution >= 4 is 34.7 Å². The predicted octanol–water partition coefficient (Wildman–Crippen LogP) is 3.14. The van der Waals surface area contributed by atoms with E-state index < -0.39 is 11.5 Å². The lowest BCUT2D eigenvalue weighted by molar-refractivity contribution is 0.0601. The Morgan fingerprint density at radius 3 is 2.37 bits per heavy atom. The first-order valence-electron chi connectivity index (χ1n) is 7.81. The van der Waals surface area contributed by atoms with Crippen LogP contribution in [0.15, 0.2) is 69.6 Å². The summed E-state index contributed by atoms with van der Waals surface area (Å²) in [7, 11) is 1.31. The molecule has 0 saturated heterocycles. The Bertz CT molecular complexity index is 1070. The van der Waals surface area contributed by atoms with E-state index in [1.54, 1.807) is 24.3 Å². The molecule has 0 radical (unpaired) electrons. The summed E-state index contributed by atoms with van der Waals surface area (Å²) in [6, 6.07) is 15.5. The molecular weight excluding hydrogens is 366 g/mol. The van der Waals surface area contributed by atoms with Crippen LogP contribution in [0.4, 0.5) is 11.4 Å². The minimum Gasteiger partial charge on any atom is -0.465 e. The number of rotatable bonds is 4. The SMILES string of the molecule is COC(=O)c1ccc(N=Nc2c(-c3ccccc3)[nH]n(C(N)=S)c2=O)cc1. The number of nitrogens with one attached hydrogen (secondary N) is 1. The van der Waals surface area contributed by atoms with E-state index in [2.05, 4.69) is 20.1 Å². The summed E-state index contributed by atoms with van der Waals surface area (Å²) in [5.74, 6) is -0.449. The highest BCUT2D eigenvalue weighted by Gasteiger charge is 2.17. The topological polar surface area (TPSA) is 115 Å². The molecule has 0 aliphatic heterocycles. The van der Waals surface area contributed by atoms with Gasteiger partial charge in [-0.25, -0.2) is 4.79 Å². The standard InChI is InChI=1S/C18H15N5O3S/c1-26-17(25)12-7-9-13(10-8-12)20-21-15-14(11-5-3-2-4-6-11)22-23(16(15)24)18(19)27/h2-10,22H,1H3,(H2,19,27). The minimum atomic E-state index is -0.503. The molecule has 0 saturated carbocycles. The summed E-state index contributed by atoms with van der Waals surface area (Å²) >= 11 is 4.89. The number of hydrogen-bond donors (Lipinski definition) is 2. The predicted molar refractivity (Wildman–Crippen MR) is 105 cm³/mol. The molecule has 0 aliphatic carbocycles. The Hall–Kier alpha value is -3.59. The van der Waals surface area contributed by atoms with Gasteiger partial charge in [0.15, 0.2) is 10.8 Å². The van der Waals surface area contributed by atoms with Crippen molar-refractivity contribution in [2.24, 2.45) is 16.0 Å². The molecule has 3 rings (SSSR count). The van der Waals surface area contributed by atoms with Crippen LogP contribution in [0.25, 0.3) is 11.3 Å². The smallest absolute Gasteiger partial charge is 0.337 e. The van der Waals surface area contributed by atoms with Gasteiger partial charge >= 0.3 is 11.5 Å². The lowest BCUT2D eigenvalue weighted by atomic mass is 10.1. The lowest BCUT2D eigenvalue weighted by Crippen LogP contribution is -2.29. The van der Waals surface area contributed by atoms with E-state index >= 15 is 0 Å². The third-order valence-electron chi connectivity index (χ3n) is 3.70. The Labute approximate surface area is 159 Å². The molecule has 9 heteroatoms. The molecule has 0 spiro atoms. The van der Waals surface area contributed by atoms with E-state index in [9.17, 15) is 9.59 Å². The molecule has 27 heavy (non-hydrogen) atoms. The number of nitrogens with zero attached hydrogens (tertiary/aromatic N) is 3. The van der Waals surface area contributed by atoms with Gasteiger partial charge in [0.25, 0.3) is 0 Å². The van der Waals surface area contributed by atoms with Crippen LogP contribution in [0.5, 0.6) is 0 Å². The summed E-state index contributed by atoms with van der Waals surface area (Å²) in [5, 5.41) is 10.9. The number of hydrogen-bond acceptors (Lipinski definition) is 6. The third-order valence-corrected chi connectivity index (χ3v) is 3.89. The van der Waals surface area contributed by atoms with E-state index in [0.29, 0.717) is 16.9 Å². The van der Waals surface area contributed by atoms with Gasteiger partial charge < -0.3 is 10.5 Å². The number of aromatic amines is 1. The summed E-state index contributed by atoms with van der Waals surface area (Å²) in [6.07, 6.45) is 0. The number of H-pyrrole nitrogens is 1. The molecule has 0 fully saturated rings. The zero-order valence-electron chi connectivity index (χ0n) is 14.2. The molecule has 0 amide bonds. The number of carbonyl (C=O) groups excluding carboxylic acids is 1. The van der Waals surface area contributed by atoms with E-state index in [-0.39, 0.29) is 10.8 Å². The maximum atomic E-state index is 12.6. The van der Waals surface area contributed by atoms with E-state index in [0.717, 1.165) is 10.2 Å². The summed E-state index contributed by atoms with van der Waals surface area (Å²) in [6.45, 7) is 0. The molecule has 0 aliphatic rings. The summed E-state index contributed by atoms with van der Waals surface area (Å²) in [4.78, 5) is 24.0. The van der Waals surface area contributed by atoms with Crippen molar-refractivity contribution in [2.45, 2.75) is 0 Å². The van der Waals surface area contributed by atoms with Gasteiger partial charge in [0.05, 0.1) is 24.1 Å². The second kappa shape index (κ2) is 7.75. The summed E-state index contributed by atoms with van der Waals surface area (Å²) < 4.78 is 5.68. The lowest BCUT2D eigenvalue weighted by Gasteiger charge is -1.99. The molecule has 0 unspecified atom stereocenters. The molecule has 1 aromatic heterocycles. The van der Waals surface area contributed by atoms with Crippen molar-refractivity contribution in [3.63, 3.8) is 0 Å². The highest BCUT2D eigenvalue weighted by Crippen LogP contribution is 2.27. The van der Waals surface area contributed by atoms with Crippen LogP contribution in [0.2, 0.25) is 0 Å². The van der Waals surface area contributed by atoms with Crippen molar-refractivity contribution in [1.29, 1.82) is 0 Å². The average Bonchev–Trinajstić information content (AvgIpc) is 3.03. The largest absolute Gasteiger partial charge is 0.465 e. The van der Waals surface area contributed by atoms with Crippen LogP contribution in [-0.2, 0) is 4.74 Å². The maximum Gasteiger partial charge on any atom is 0.337 e. The van der Waals surface area contributed by atoms with Crippen LogP contribution < -0.4 is 11.3 Å². The number of methoxy groups -OCH3 is 1. The molecular formula is C18H15N5O3S. The van der Waals surface area contributed by atoms with Crippen LogP contribution in [0.1, 0.15) is 10.4 Å². The Balaban J connectivity index is 2.01. The van der Waals surface area contributed by atoms with Crippen molar-refractivity contribution in [3.05, 3.63) is 70.5 Å². The van der Waals surface area contributed by atoms with Gasteiger partial charge in [-0.15, -0.1) is 5.11 Å². The number of nitrogens with two attached hydrogens (primary N) is 1.